The fraction of sp³-hybridized carbons (Fsp3) is 0.444. The van der Waals surface area contributed by atoms with E-state index in [4.69, 9.17) is 0 Å². The molecule has 0 bridgehead atoms. The standard InChI is InChI=1S/C18H26N2/c1-5-20(13-17(19-4)14(2)3)18-12-8-10-15-9-6-7-11-16(15)18/h6-12,14,17,19H,5,13H2,1-4H3. The number of likely N-dealkylation sites (N-methyl/N-ethyl adjacent to an activating group) is 2. The molecule has 0 aliphatic rings. The second-order valence-corrected chi connectivity index (χ2v) is 5.68. The van der Waals surface area contributed by atoms with E-state index in [-0.39, 0.29) is 0 Å². The molecule has 0 radical (unpaired) electrons. The Kier molecular flexibility index (Phi) is 5.02. The Morgan fingerprint density at radius 1 is 1.05 bits per heavy atom. The molecule has 2 aromatic carbocycles. The Morgan fingerprint density at radius 2 is 1.75 bits per heavy atom. The summed E-state index contributed by atoms with van der Waals surface area (Å²) >= 11 is 0. The third kappa shape index (κ3) is 3.13. The van der Waals surface area contributed by atoms with Gasteiger partial charge in [0.15, 0.2) is 0 Å². The van der Waals surface area contributed by atoms with E-state index in [0.29, 0.717) is 12.0 Å². The zero-order valence-corrected chi connectivity index (χ0v) is 13.1. The van der Waals surface area contributed by atoms with Gasteiger partial charge in [-0.2, -0.15) is 0 Å². The lowest BCUT2D eigenvalue weighted by atomic mass is 10.0. The highest BCUT2D eigenvalue weighted by atomic mass is 15.1. The van der Waals surface area contributed by atoms with Crippen LogP contribution >= 0.6 is 0 Å². The van der Waals surface area contributed by atoms with E-state index in [0.717, 1.165) is 13.1 Å². The highest BCUT2D eigenvalue weighted by Crippen LogP contribution is 2.27. The topological polar surface area (TPSA) is 15.3 Å². The van der Waals surface area contributed by atoms with Gasteiger partial charge in [-0.05, 0) is 31.3 Å². The molecule has 0 saturated carbocycles. The first kappa shape index (κ1) is 14.9. The van der Waals surface area contributed by atoms with Gasteiger partial charge in [0.2, 0.25) is 0 Å². The summed E-state index contributed by atoms with van der Waals surface area (Å²) in [6, 6.07) is 15.7. The maximum Gasteiger partial charge on any atom is 0.0446 e. The van der Waals surface area contributed by atoms with E-state index in [2.05, 4.69) is 80.5 Å². The fourth-order valence-electron chi connectivity index (χ4n) is 2.75. The first-order valence-corrected chi connectivity index (χ1v) is 7.57. The monoisotopic (exact) mass is 270 g/mol. The molecule has 20 heavy (non-hydrogen) atoms. The molecule has 1 unspecified atom stereocenters. The summed E-state index contributed by atoms with van der Waals surface area (Å²) in [5, 5.41) is 6.10. The average molecular weight is 270 g/mol. The van der Waals surface area contributed by atoms with Crippen molar-refractivity contribution in [1.29, 1.82) is 0 Å². The second-order valence-electron chi connectivity index (χ2n) is 5.68. The minimum absolute atomic E-state index is 0.508. The van der Waals surface area contributed by atoms with Crippen LogP contribution in [0, 0.1) is 5.92 Å². The number of rotatable bonds is 6. The number of hydrogen-bond acceptors (Lipinski definition) is 2. The zero-order chi connectivity index (χ0) is 14.5. The van der Waals surface area contributed by atoms with Crippen molar-refractivity contribution in [1.82, 2.24) is 5.32 Å². The number of hydrogen-bond donors (Lipinski definition) is 1. The van der Waals surface area contributed by atoms with E-state index in [9.17, 15) is 0 Å². The highest BCUT2D eigenvalue weighted by molar-refractivity contribution is 5.94. The maximum absolute atomic E-state index is 3.44. The van der Waals surface area contributed by atoms with Gasteiger partial charge in [-0.3, -0.25) is 0 Å². The molecule has 1 N–H and O–H groups in total. The van der Waals surface area contributed by atoms with Gasteiger partial charge >= 0.3 is 0 Å². The largest absolute Gasteiger partial charge is 0.370 e. The molecule has 0 fully saturated rings. The van der Waals surface area contributed by atoms with Crippen molar-refractivity contribution < 1.29 is 0 Å². The number of nitrogens with one attached hydrogen (secondary N) is 1. The second kappa shape index (κ2) is 6.76. The molecule has 0 aromatic heterocycles. The van der Waals surface area contributed by atoms with E-state index < -0.39 is 0 Å². The Labute approximate surface area is 122 Å². The minimum atomic E-state index is 0.508. The van der Waals surface area contributed by atoms with Crippen molar-refractivity contribution in [3.05, 3.63) is 42.5 Å². The van der Waals surface area contributed by atoms with Crippen LogP contribution in [0.4, 0.5) is 5.69 Å². The van der Waals surface area contributed by atoms with Crippen LogP contribution in [0.2, 0.25) is 0 Å². The third-order valence-corrected chi connectivity index (χ3v) is 4.08. The molecule has 0 heterocycles. The molecular formula is C18H26N2. The minimum Gasteiger partial charge on any atom is -0.370 e. The normalized spacial score (nSPS) is 12.8. The van der Waals surface area contributed by atoms with E-state index in [1.807, 2.05) is 0 Å². The predicted octanol–water partition coefficient (Wildman–Crippen LogP) is 3.91. The Morgan fingerprint density at radius 3 is 2.40 bits per heavy atom. The van der Waals surface area contributed by atoms with Gasteiger partial charge in [-0.25, -0.2) is 0 Å². The van der Waals surface area contributed by atoms with Crippen LogP contribution < -0.4 is 10.2 Å². The van der Waals surface area contributed by atoms with Crippen molar-refractivity contribution in [2.45, 2.75) is 26.8 Å². The summed E-state index contributed by atoms with van der Waals surface area (Å²) in [6.07, 6.45) is 0. The van der Waals surface area contributed by atoms with Crippen LogP contribution in [0.1, 0.15) is 20.8 Å². The summed E-state index contributed by atoms with van der Waals surface area (Å²) in [4.78, 5) is 2.48. The SMILES string of the molecule is CCN(CC(NC)C(C)C)c1cccc2ccccc12. The fourth-order valence-corrected chi connectivity index (χ4v) is 2.75. The van der Waals surface area contributed by atoms with Crippen LogP contribution in [0.3, 0.4) is 0 Å². The number of fused-ring (bicyclic) bond motifs is 1. The zero-order valence-electron chi connectivity index (χ0n) is 13.1. The molecule has 0 aliphatic heterocycles. The molecule has 0 spiro atoms. The van der Waals surface area contributed by atoms with Gasteiger partial charge in [-0.15, -0.1) is 0 Å². The molecule has 1 atom stereocenters. The molecule has 2 aromatic rings. The highest BCUT2D eigenvalue weighted by Gasteiger charge is 2.16. The molecule has 0 aliphatic carbocycles. The molecule has 2 heteroatoms. The molecule has 0 saturated heterocycles. The van der Waals surface area contributed by atoms with Crippen LogP contribution in [-0.2, 0) is 0 Å². The van der Waals surface area contributed by atoms with Gasteiger partial charge < -0.3 is 10.2 Å². The van der Waals surface area contributed by atoms with E-state index in [1.54, 1.807) is 0 Å². The quantitative estimate of drug-likeness (QED) is 0.856. The summed E-state index contributed by atoms with van der Waals surface area (Å²) in [6.45, 7) is 8.85. The van der Waals surface area contributed by atoms with Crippen molar-refractivity contribution >= 4 is 16.5 Å². The first-order valence-electron chi connectivity index (χ1n) is 7.57. The molecule has 0 amide bonds. The Hall–Kier alpha value is -1.54. The lowest BCUT2D eigenvalue weighted by Crippen LogP contribution is -2.42. The Bertz CT molecular complexity index is 543. The summed E-state index contributed by atoms with van der Waals surface area (Å²) in [5.41, 5.74) is 1.34. The summed E-state index contributed by atoms with van der Waals surface area (Å²) < 4.78 is 0. The molecule has 2 rings (SSSR count). The summed E-state index contributed by atoms with van der Waals surface area (Å²) in [7, 11) is 2.06. The van der Waals surface area contributed by atoms with Crippen molar-refractivity contribution in [2.24, 2.45) is 5.92 Å². The van der Waals surface area contributed by atoms with Gasteiger partial charge in [0, 0.05) is 30.2 Å². The predicted molar refractivity (Wildman–Crippen MR) is 89.5 cm³/mol. The molecule has 108 valence electrons. The van der Waals surface area contributed by atoms with Crippen LogP contribution in [0.25, 0.3) is 10.8 Å². The van der Waals surface area contributed by atoms with E-state index in [1.165, 1.54) is 16.5 Å². The van der Waals surface area contributed by atoms with Crippen LogP contribution in [-0.4, -0.2) is 26.2 Å². The lowest BCUT2D eigenvalue weighted by molar-refractivity contribution is 0.425. The third-order valence-electron chi connectivity index (χ3n) is 4.08. The van der Waals surface area contributed by atoms with E-state index >= 15 is 0 Å². The lowest BCUT2D eigenvalue weighted by Gasteiger charge is -2.31. The first-order chi connectivity index (χ1) is 9.67. The molecule has 2 nitrogen and oxygen atoms in total. The van der Waals surface area contributed by atoms with Gasteiger partial charge in [0.1, 0.15) is 0 Å². The Balaban J connectivity index is 2.34. The maximum atomic E-state index is 3.44. The van der Waals surface area contributed by atoms with Crippen molar-refractivity contribution in [3.8, 4) is 0 Å². The van der Waals surface area contributed by atoms with Crippen molar-refractivity contribution in [2.75, 3.05) is 25.0 Å². The summed E-state index contributed by atoms with van der Waals surface area (Å²) in [5.74, 6) is 0.629. The van der Waals surface area contributed by atoms with Crippen molar-refractivity contribution in [3.63, 3.8) is 0 Å². The number of benzene rings is 2. The van der Waals surface area contributed by atoms with Gasteiger partial charge in [0.05, 0.1) is 0 Å². The van der Waals surface area contributed by atoms with Gasteiger partial charge in [0.25, 0.3) is 0 Å². The van der Waals surface area contributed by atoms with Crippen LogP contribution in [0.15, 0.2) is 42.5 Å². The van der Waals surface area contributed by atoms with Crippen LogP contribution in [0.5, 0.6) is 0 Å². The average Bonchev–Trinajstić information content (AvgIpc) is 2.48. The smallest absolute Gasteiger partial charge is 0.0446 e. The number of nitrogens with zero attached hydrogens (tertiary/aromatic N) is 1. The van der Waals surface area contributed by atoms with Gasteiger partial charge in [-0.1, -0.05) is 50.2 Å². The number of anilines is 1. The molecular weight excluding hydrogens is 244 g/mol.